The summed E-state index contributed by atoms with van der Waals surface area (Å²) in [6, 6.07) is 20.5. The number of nitrogens with two attached hydrogens (primary N) is 2. The molecule has 0 aliphatic carbocycles. The maximum atomic E-state index is 14.1. The van der Waals surface area contributed by atoms with E-state index in [0.717, 1.165) is 15.0 Å². The van der Waals surface area contributed by atoms with Crippen LogP contribution in [0.15, 0.2) is 99.7 Å². The monoisotopic (exact) mass is 731 g/mol. The molecular weight excluding hydrogens is 699 g/mol. The highest BCUT2D eigenvalue weighted by Gasteiger charge is 2.31. The number of aliphatic hydroxyl groups is 1. The summed E-state index contributed by atoms with van der Waals surface area (Å²) in [5.74, 6) is 0.565. The number of isothiocyanates is 1. The number of hydrogen-bond donors (Lipinski definition) is 3. The molecule has 48 heavy (non-hydrogen) atoms. The van der Waals surface area contributed by atoms with Gasteiger partial charge in [-0.15, -0.1) is 0 Å². The second-order valence-electron chi connectivity index (χ2n) is 10.1. The van der Waals surface area contributed by atoms with Crippen LogP contribution < -0.4 is 29.0 Å². The Hall–Kier alpha value is -4.22. The average molecular weight is 732 g/mol. The fourth-order valence-electron chi connectivity index (χ4n) is 4.67. The predicted molar refractivity (Wildman–Crippen MR) is 189 cm³/mol. The molecule has 1 unspecified atom stereocenters. The Labute approximate surface area is 288 Å². The van der Waals surface area contributed by atoms with Gasteiger partial charge in [-0.3, -0.25) is 13.4 Å². The third-order valence-electron chi connectivity index (χ3n) is 6.84. The summed E-state index contributed by atoms with van der Waals surface area (Å²) in [7, 11) is -7.24. The summed E-state index contributed by atoms with van der Waals surface area (Å²) in [5, 5.41) is 13.1. The molecular formula is C31H33N5O8S4. The van der Waals surface area contributed by atoms with E-state index in [1.807, 2.05) is 0 Å². The molecule has 0 aromatic heterocycles. The quantitative estimate of drug-likeness (QED) is 0.0473. The molecule has 0 fully saturated rings. The summed E-state index contributed by atoms with van der Waals surface area (Å²) in [6.45, 7) is -0.703. The van der Waals surface area contributed by atoms with Crippen molar-refractivity contribution in [2.24, 2.45) is 16.5 Å². The van der Waals surface area contributed by atoms with E-state index in [2.05, 4.69) is 22.4 Å². The van der Waals surface area contributed by atoms with Gasteiger partial charge < -0.3 is 25.5 Å². The van der Waals surface area contributed by atoms with Gasteiger partial charge in [0.05, 0.1) is 58.6 Å². The fraction of sp³-hybridized carbons (Fsp3) is 0.226. The van der Waals surface area contributed by atoms with Gasteiger partial charge in [-0.05, 0) is 79.3 Å². The first-order valence-corrected chi connectivity index (χ1v) is 18.5. The Bertz CT molecular complexity index is 2000. The van der Waals surface area contributed by atoms with E-state index < -0.39 is 45.3 Å². The van der Waals surface area contributed by atoms with E-state index in [4.69, 9.17) is 20.4 Å². The highest BCUT2D eigenvalue weighted by molar-refractivity contribution is 7.95. The van der Waals surface area contributed by atoms with Gasteiger partial charge in [-0.2, -0.15) is 0 Å². The van der Waals surface area contributed by atoms with Crippen molar-refractivity contribution in [1.29, 1.82) is 0 Å². The summed E-state index contributed by atoms with van der Waals surface area (Å²) < 4.78 is 68.4. The number of benzene rings is 4. The Morgan fingerprint density at radius 3 is 1.92 bits per heavy atom. The topological polar surface area (TPSA) is 195 Å². The van der Waals surface area contributed by atoms with Crippen molar-refractivity contribution in [1.82, 2.24) is 0 Å². The van der Waals surface area contributed by atoms with Crippen LogP contribution in [0.5, 0.6) is 11.5 Å². The zero-order chi connectivity index (χ0) is 34.9. The van der Waals surface area contributed by atoms with Crippen LogP contribution in [0.25, 0.3) is 10.8 Å². The molecule has 4 aromatic carbocycles. The fourth-order valence-corrected chi connectivity index (χ4v) is 8.29. The first kappa shape index (κ1) is 36.6. The zero-order valence-corrected chi connectivity index (χ0v) is 28.9. The van der Waals surface area contributed by atoms with Crippen LogP contribution in [0.4, 0.5) is 11.4 Å². The smallest absolute Gasteiger partial charge is 0.264 e. The van der Waals surface area contributed by atoms with Crippen LogP contribution in [0, 0.1) is 0 Å². The molecule has 4 aromatic rings. The van der Waals surface area contributed by atoms with Crippen LogP contribution in [-0.2, 0) is 24.8 Å². The molecule has 1 amide bonds. The molecule has 0 saturated carbocycles. The molecule has 254 valence electrons. The summed E-state index contributed by atoms with van der Waals surface area (Å²) in [4.78, 5) is 15.8. The molecule has 13 nitrogen and oxygen atoms in total. The van der Waals surface area contributed by atoms with Gasteiger partial charge in [-0.25, -0.2) is 21.8 Å². The van der Waals surface area contributed by atoms with Crippen molar-refractivity contribution < 1.29 is 35.7 Å². The number of rotatable bonds is 17. The minimum absolute atomic E-state index is 0.0719. The summed E-state index contributed by atoms with van der Waals surface area (Å²) in [5.41, 5.74) is 11.4. The van der Waals surface area contributed by atoms with Gasteiger partial charge >= 0.3 is 0 Å². The minimum atomic E-state index is -4.35. The average Bonchev–Trinajstić information content (AvgIpc) is 3.07. The van der Waals surface area contributed by atoms with Crippen LogP contribution in [0.2, 0.25) is 0 Å². The molecule has 0 heterocycles. The van der Waals surface area contributed by atoms with Gasteiger partial charge in [-0.1, -0.05) is 24.3 Å². The number of hydrogen-bond acceptors (Lipinski definition) is 12. The van der Waals surface area contributed by atoms with Crippen molar-refractivity contribution in [2.75, 3.05) is 41.1 Å². The summed E-state index contributed by atoms with van der Waals surface area (Å²) in [6.07, 6.45) is -0.848. The van der Waals surface area contributed by atoms with E-state index in [9.17, 15) is 26.7 Å². The minimum Gasteiger partial charge on any atom is -0.497 e. The van der Waals surface area contributed by atoms with Gasteiger partial charge in [0.2, 0.25) is 5.91 Å². The number of thiocarbonyl (C=S) groups is 1. The lowest BCUT2D eigenvalue weighted by Crippen LogP contribution is -2.41. The molecule has 0 aliphatic heterocycles. The van der Waals surface area contributed by atoms with Crippen molar-refractivity contribution >= 4 is 77.5 Å². The van der Waals surface area contributed by atoms with E-state index in [-0.39, 0.29) is 26.6 Å². The first-order valence-electron chi connectivity index (χ1n) is 14.3. The number of sulfonamides is 2. The SMILES string of the molecule is COc1ccc(S(=O)(=O)N(CC(N)=O)c2ccc(N(CC(N)O)S(=O)(=O)c3ccc(OSCCCN=C=S)cc3)c3ccccc23)cc1. The standard InChI is InChI=1S/C31H33N5O8S4/c1-43-22-7-11-24(12-8-22)47(39,40)35(19-30(32)37)28-15-16-29(27-6-3-2-5-26(27)28)36(20-31(33)38)48(41,42)25-13-9-23(10-14-25)44-46-18-4-17-34-21-45/h2-3,5-16,31,38H,4,17-20,33H2,1H3,(H2,32,37). The Balaban J connectivity index is 1.75. The van der Waals surface area contributed by atoms with E-state index in [0.29, 0.717) is 29.2 Å². The van der Waals surface area contributed by atoms with Gasteiger partial charge in [0.25, 0.3) is 20.0 Å². The Morgan fingerprint density at radius 1 is 0.896 bits per heavy atom. The van der Waals surface area contributed by atoms with Crippen molar-refractivity contribution in [3.63, 3.8) is 0 Å². The van der Waals surface area contributed by atoms with Crippen LogP contribution in [0.1, 0.15) is 6.42 Å². The number of ether oxygens (including phenoxy) is 1. The number of nitrogens with zero attached hydrogens (tertiary/aromatic N) is 3. The molecule has 17 heteroatoms. The molecule has 0 bridgehead atoms. The van der Waals surface area contributed by atoms with E-state index >= 15 is 0 Å². The number of aliphatic imine (C=N–C) groups is 1. The van der Waals surface area contributed by atoms with Crippen LogP contribution in [-0.4, -0.2) is 71.7 Å². The number of carbonyl (C=O) groups is 1. The maximum Gasteiger partial charge on any atom is 0.264 e. The molecule has 0 aliphatic rings. The normalized spacial score (nSPS) is 12.1. The van der Waals surface area contributed by atoms with Crippen molar-refractivity contribution in [2.45, 2.75) is 22.4 Å². The number of amides is 1. The zero-order valence-electron chi connectivity index (χ0n) is 25.6. The molecule has 0 radical (unpaired) electrons. The molecule has 1 atom stereocenters. The number of anilines is 2. The van der Waals surface area contributed by atoms with Crippen molar-refractivity contribution in [3.05, 3.63) is 84.9 Å². The summed E-state index contributed by atoms with van der Waals surface area (Å²) >= 11 is 5.72. The predicted octanol–water partition coefficient (Wildman–Crippen LogP) is 3.52. The molecule has 0 spiro atoms. The number of aliphatic hydroxyl groups excluding tert-OH is 1. The number of methoxy groups -OCH3 is 1. The Morgan fingerprint density at radius 2 is 1.42 bits per heavy atom. The molecule has 4 rings (SSSR count). The van der Waals surface area contributed by atoms with Crippen LogP contribution in [0.3, 0.4) is 0 Å². The van der Waals surface area contributed by atoms with Gasteiger partial charge in [0, 0.05) is 16.5 Å². The number of carbonyl (C=O) groups excluding carboxylic acids is 1. The third kappa shape index (κ3) is 8.62. The number of fused-ring (bicyclic) bond motifs is 1. The van der Waals surface area contributed by atoms with E-state index in [1.54, 1.807) is 24.3 Å². The second kappa shape index (κ2) is 16.3. The Kier molecular flexibility index (Phi) is 12.4. The first-order chi connectivity index (χ1) is 22.9. The van der Waals surface area contributed by atoms with Crippen LogP contribution >= 0.6 is 24.3 Å². The second-order valence-corrected chi connectivity index (χ2v) is 14.8. The number of primary amides is 1. The highest BCUT2D eigenvalue weighted by Crippen LogP contribution is 2.38. The maximum absolute atomic E-state index is 14.1. The van der Waals surface area contributed by atoms with Crippen molar-refractivity contribution in [3.8, 4) is 11.5 Å². The lowest BCUT2D eigenvalue weighted by Gasteiger charge is -2.29. The lowest BCUT2D eigenvalue weighted by molar-refractivity contribution is -0.116. The highest BCUT2D eigenvalue weighted by atomic mass is 32.2. The van der Waals surface area contributed by atoms with Gasteiger partial charge in [0.15, 0.2) is 0 Å². The molecule has 0 saturated heterocycles. The largest absolute Gasteiger partial charge is 0.497 e. The van der Waals surface area contributed by atoms with Gasteiger partial charge in [0.1, 0.15) is 24.3 Å². The van der Waals surface area contributed by atoms with E-state index in [1.165, 1.54) is 79.8 Å². The third-order valence-corrected chi connectivity index (χ3v) is 11.3. The molecule has 5 N–H and O–H groups in total. The lowest BCUT2D eigenvalue weighted by atomic mass is 10.1.